The second-order valence-electron chi connectivity index (χ2n) is 2.72. The van der Waals surface area contributed by atoms with Crippen molar-refractivity contribution in [2.24, 2.45) is 0 Å². The Hall–Kier alpha value is -0.410. The molecule has 1 aromatic rings. The van der Waals surface area contributed by atoms with Crippen LogP contribution in [0.2, 0.25) is 0 Å². The second-order valence-corrected chi connectivity index (χ2v) is 4.86. The summed E-state index contributed by atoms with van der Waals surface area (Å²) in [6.45, 7) is 1.66. The van der Waals surface area contributed by atoms with Crippen LogP contribution in [0, 0.1) is 0 Å². The van der Waals surface area contributed by atoms with Crippen molar-refractivity contribution in [3.05, 3.63) is 35.9 Å². The van der Waals surface area contributed by atoms with Gasteiger partial charge in [0.15, 0.2) is 5.78 Å². The Labute approximate surface area is 83.0 Å². The summed E-state index contributed by atoms with van der Waals surface area (Å²) in [5.41, 5.74) is 0.644. The lowest BCUT2D eigenvalue weighted by Crippen LogP contribution is -2.21. The van der Waals surface area contributed by atoms with Gasteiger partial charge in [-0.3, -0.25) is 4.79 Å². The molecule has 1 nitrogen and oxygen atoms in total. The van der Waals surface area contributed by atoms with Gasteiger partial charge in [-0.2, -0.15) is 25.3 Å². The van der Waals surface area contributed by atoms with E-state index in [-0.39, 0.29) is 5.78 Å². The lowest BCUT2D eigenvalue weighted by Gasteiger charge is -2.13. The minimum atomic E-state index is -0.888. The van der Waals surface area contributed by atoms with Crippen LogP contribution in [0.5, 0.6) is 0 Å². The topological polar surface area (TPSA) is 17.1 Å². The Balaban J connectivity index is 2.94. The van der Waals surface area contributed by atoms with E-state index in [0.717, 1.165) is 0 Å². The van der Waals surface area contributed by atoms with Crippen LogP contribution in [0.1, 0.15) is 17.3 Å². The first-order valence-corrected chi connectivity index (χ1v) is 4.46. The summed E-state index contributed by atoms with van der Waals surface area (Å²) in [5, 5.41) is 0. The number of ketones is 1. The maximum Gasteiger partial charge on any atom is 0.188 e. The van der Waals surface area contributed by atoms with E-state index in [9.17, 15) is 4.79 Å². The first-order chi connectivity index (χ1) is 5.52. The Bertz CT molecular complexity index is 274. The molecule has 3 heteroatoms. The van der Waals surface area contributed by atoms with Crippen LogP contribution in [0.3, 0.4) is 0 Å². The predicted octanol–water partition coefficient (Wildman–Crippen LogP) is 2.45. The normalized spacial score (nSPS) is 11.2. The SMILES string of the molecule is CC(S)(S)C(=O)c1ccccc1. The van der Waals surface area contributed by atoms with Crippen LogP contribution >= 0.6 is 25.3 Å². The average molecular weight is 198 g/mol. The highest BCUT2D eigenvalue weighted by Crippen LogP contribution is 2.23. The summed E-state index contributed by atoms with van der Waals surface area (Å²) in [6.07, 6.45) is 0. The van der Waals surface area contributed by atoms with Crippen molar-refractivity contribution < 1.29 is 4.79 Å². The van der Waals surface area contributed by atoms with E-state index in [2.05, 4.69) is 25.3 Å². The number of benzene rings is 1. The van der Waals surface area contributed by atoms with Crippen molar-refractivity contribution in [1.82, 2.24) is 0 Å². The van der Waals surface area contributed by atoms with E-state index in [1.54, 1.807) is 19.1 Å². The third kappa shape index (κ3) is 2.29. The molecule has 0 atom stereocenters. The largest absolute Gasteiger partial charge is 0.292 e. The molecular formula is C9H10OS2. The molecule has 0 unspecified atom stereocenters. The number of hydrogen-bond donors (Lipinski definition) is 2. The summed E-state index contributed by atoms with van der Waals surface area (Å²) in [5.74, 6) is -0.0743. The molecule has 0 spiro atoms. The van der Waals surface area contributed by atoms with Gasteiger partial charge in [-0.15, -0.1) is 0 Å². The maximum absolute atomic E-state index is 11.5. The van der Waals surface area contributed by atoms with Gasteiger partial charge < -0.3 is 0 Å². The molecule has 0 heterocycles. The molecule has 0 amide bonds. The highest BCUT2D eigenvalue weighted by Gasteiger charge is 2.24. The zero-order chi connectivity index (χ0) is 9.19. The van der Waals surface area contributed by atoms with E-state index in [1.165, 1.54) is 0 Å². The Morgan fingerprint density at radius 2 is 1.75 bits per heavy atom. The van der Waals surface area contributed by atoms with E-state index in [0.29, 0.717) is 5.56 Å². The number of hydrogen-bond acceptors (Lipinski definition) is 3. The van der Waals surface area contributed by atoms with Crippen molar-refractivity contribution in [2.45, 2.75) is 11.0 Å². The van der Waals surface area contributed by atoms with Gasteiger partial charge in [-0.1, -0.05) is 30.3 Å². The molecule has 1 aromatic carbocycles. The minimum absolute atomic E-state index is 0.0743. The monoisotopic (exact) mass is 198 g/mol. The van der Waals surface area contributed by atoms with Crippen molar-refractivity contribution in [3.8, 4) is 0 Å². The van der Waals surface area contributed by atoms with Gasteiger partial charge in [0.1, 0.15) is 4.08 Å². The van der Waals surface area contributed by atoms with E-state index in [1.807, 2.05) is 18.2 Å². The van der Waals surface area contributed by atoms with Gasteiger partial charge in [0.05, 0.1) is 0 Å². The quantitative estimate of drug-likeness (QED) is 0.424. The standard InChI is InChI=1S/C9H10OS2/c1-9(11,12)8(10)7-5-3-2-4-6-7/h2-6,11-12H,1H3. The molecule has 64 valence electrons. The summed E-state index contributed by atoms with van der Waals surface area (Å²) in [7, 11) is 0. The molecule has 0 aromatic heterocycles. The van der Waals surface area contributed by atoms with Crippen molar-refractivity contribution in [3.63, 3.8) is 0 Å². The van der Waals surface area contributed by atoms with Crippen molar-refractivity contribution >= 4 is 31.0 Å². The smallest absolute Gasteiger partial charge is 0.188 e. The number of thiol groups is 2. The highest BCUT2D eigenvalue weighted by atomic mass is 32.2. The number of Topliss-reactive ketones (excluding diaryl/α,β-unsaturated/α-hetero) is 1. The molecule has 0 fully saturated rings. The molecule has 0 aliphatic carbocycles. The van der Waals surface area contributed by atoms with E-state index < -0.39 is 4.08 Å². The summed E-state index contributed by atoms with van der Waals surface area (Å²) in [6, 6.07) is 9.02. The van der Waals surface area contributed by atoms with Crippen LogP contribution in [-0.4, -0.2) is 9.86 Å². The summed E-state index contributed by atoms with van der Waals surface area (Å²) < 4.78 is -0.888. The molecule has 0 bridgehead atoms. The fourth-order valence-corrected chi connectivity index (χ4v) is 1.12. The van der Waals surface area contributed by atoms with Gasteiger partial charge in [0.25, 0.3) is 0 Å². The Morgan fingerprint density at radius 1 is 1.25 bits per heavy atom. The zero-order valence-electron chi connectivity index (χ0n) is 6.69. The van der Waals surface area contributed by atoms with Crippen LogP contribution in [0.15, 0.2) is 30.3 Å². The average Bonchev–Trinajstić information content (AvgIpc) is 2.03. The fraction of sp³-hybridized carbons (Fsp3) is 0.222. The lowest BCUT2D eigenvalue weighted by atomic mass is 10.1. The Morgan fingerprint density at radius 3 is 2.17 bits per heavy atom. The first kappa shape index (κ1) is 9.68. The van der Waals surface area contributed by atoms with Crippen LogP contribution in [-0.2, 0) is 0 Å². The first-order valence-electron chi connectivity index (χ1n) is 3.56. The molecule has 0 saturated heterocycles. The van der Waals surface area contributed by atoms with Gasteiger partial charge in [0.2, 0.25) is 0 Å². The van der Waals surface area contributed by atoms with Gasteiger partial charge >= 0.3 is 0 Å². The minimum Gasteiger partial charge on any atom is -0.292 e. The van der Waals surface area contributed by atoms with E-state index >= 15 is 0 Å². The van der Waals surface area contributed by atoms with Gasteiger partial charge in [0, 0.05) is 5.56 Å². The van der Waals surface area contributed by atoms with E-state index in [4.69, 9.17) is 0 Å². The highest BCUT2D eigenvalue weighted by molar-refractivity contribution is 8.02. The number of rotatable bonds is 2. The number of carbonyl (C=O) groups is 1. The summed E-state index contributed by atoms with van der Waals surface area (Å²) in [4.78, 5) is 11.5. The summed E-state index contributed by atoms with van der Waals surface area (Å²) >= 11 is 8.15. The second kappa shape index (κ2) is 3.54. The molecule has 1 rings (SSSR count). The predicted molar refractivity (Wildman–Crippen MR) is 57.1 cm³/mol. The third-order valence-electron chi connectivity index (χ3n) is 1.47. The molecule has 0 aliphatic heterocycles. The molecule has 0 aliphatic rings. The lowest BCUT2D eigenvalue weighted by molar-refractivity contribution is 0.0985. The van der Waals surface area contributed by atoms with Crippen LogP contribution < -0.4 is 0 Å². The Kier molecular flexibility index (Phi) is 2.85. The molecule has 0 radical (unpaired) electrons. The van der Waals surface area contributed by atoms with Gasteiger partial charge in [-0.05, 0) is 6.92 Å². The van der Waals surface area contributed by atoms with Crippen LogP contribution in [0.4, 0.5) is 0 Å². The molecule has 0 saturated carbocycles. The van der Waals surface area contributed by atoms with Crippen molar-refractivity contribution in [1.29, 1.82) is 0 Å². The molecule has 12 heavy (non-hydrogen) atoms. The zero-order valence-corrected chi connectivity index (χ0v) is 8.48. The van der Waals surface area contributed by atoms with Gasteiger partial charge in [-0.25, -0.2) is 0 Å². The van der Waals surface area contributed by atoms with Crippen molar-refractivity contribution in [2.75, 3.05) is 0 Å². The maximum atomic E-state index is 11.5. The molecular weight excluding hydrogens is 188 g/mol. The van der Waals surface area contributed by atoms with Crippen LogP contribution in [0.25, 0.3) is 0 Å². The fourth-order valence-electron chi connectivity index (χ4n) is 0.863. The molecule has 0 N–H and O–H groups in total. The number of carbonyl (C=O) groups excluding carboxylic acids is 1. The third-order valence-corrected chi connectivity index (χ3v) is 1.87.